The van der Waals surface area contributed by atoms with Gasteiger partial charge in [-0.25, -0.2) is 4.39 Å². The molecular formula is C18H13ClFNO3S2. The highest BCUT2D eigenvalue weighted by atomic mass is 35.5. The molecule has 0 radical (unpaired) electrons. The quantitative estimate of drug-likeness (QED) is 0.530. The van der Waals surface area contributed by atoms with Crippen LogP contribution in [0, 0.1) is 5.82 Å². The summed E-state index contributed by atoms with van der Waals surface area (Å²) in [5.41, 5.74) is 1.19. The van der Waals surface area contributed by atoms with Gasteiger partial charge in [0.15, 0.2) is 15.8 Å². The maximum Gasteiger partial charge on any atom is 0.270 e. The third-order valence-corrected chi connectivity index (χ3v) is 5.22. The summed E-state index contributed by atoms with van der Waals surface area (Å²) < 4.78 is 24.0. The van der Waals surface area contributed by atoms with E-state index in [0.29, 0.717) is 37.0 Å². The van der Waals surface area contributed by atoms with Gasteiger partial charge in [-0.3, -0.25) is 9.69 Å². The molecule has 1 aliphatic heterocycles. The monoisotopic (exact) mass is 409 g/mol. The molecule has 26 heavy (non-hydrogen) atoms. The van der Waals surface area contributed by atoms with E-state index in [-0.39, 0.29) is 11.7 Å². The largest absolute Gasteiger partial charge is 0.493 e. The number of benzene rings is 2. The fourth-order valence-corrected chi connectivity index (χ4v) is 4.05. The number of halogens is 2. The molecule has 0 unspecified atom stereocenters. The molecule has 4 nitrogen and oxygen atoms in total. The number of nitrogens with zero attached hydrogens (tertiary/aromatic N) is 1. The molecule has 2 aromatic carbocycles. The lowest BCUT2D eigenvalue weighted by molar-refractivity contribution is -0.113. The van der Waals surface area contributed by atoms with Crippen LogP contribution in [-0.2, 0) is 4.79 Å². The van der Waals surface area contributed by atoms with E-state index in [1.54, 1.807) is 18.2 Å². The Balaban J connectivity index is 1.95. The molecule has 8 heteroatoms. The summed E-state index contributed by atoms with van der Waals surface area (Å²) >= 11 is 12.7. The molecule has 134 valence electrons. The maximum atomic E-state index is 13.1. The summed E-state index contributed by atoms with van der Waals surface area (Å²) in [7, 11) is 3.00. The highest BCUT2D eigenvalue weighted by Crippen LogP contribution is 2.39. The van der Waals surface area contributed by atoms with Crippen LogP contribution in [0.2, 0.25) is 5.02 Å². The molecule has 1 fully saturated rings. The number of carbonyl (C=O) groups is 1. The van der Waals surface area contributed by atoms with Crippen LogP contribution in [0.15, 0.2) is 41.3 Å². The zero-order valence-electron chi connectivity index (χ0n) is 13.8. The van der Waals surface area contributed by atoms with E-state index in [1.165, 1.54) is 43.4 Å². The molecule has 2 aromatic rings. The standard InChI is InChI=1S/C18H13ClFNO3S2/c1-23-14-8-10(7-13(19)16(14)24-2)9-15-17(22)21(18(25)26-15)12-5-3-11(20)4-6-12/h3-9H,1-2H3/b15-9-. The molecule has 0 saturated carbocycles. The Kier molecular flexibility index (Phi) is 5.50. The highest BCUT2D eigenvalue weighted by molar-refractivity contribution is 8.27. The molecule has 0 aliphatic carbocycles. The number of ether oxygens (including phenoxy) is 2. The number of rotatable bonds is 4. The zero-order chi connectivity index (χ0) is 18.8. The van der Waals surface area contributed by atoms with Crippen LogP contribution >= 0.6 is 35.6 Å². The number of anilines is 1. The Morgan fingerprint density at radius 2 is 1.88 bits per heavy atom. The van der Waals surface area contributed by atoms with Crippen molar-refractivity contribution in [2.24, 2.45) is 0 Å². The fourth-order valence-electron chi connectivity index (χ4n) is 2.45. The number of thiocarbonyl (C=S) groups is 1. The van der Waals surface area contributed by atoms with Crippen LogP contribution in [-0.4, -0.2) is 24.4 Å². The summed E-state index contributed by atoms with van der Waals surface area (Å²) in [6, 6.07) is 8.98. The lowest BCUT2D eigenvalue weighted by atomic mass is 10.1. The second-order valence-electron chi connectivity index (χ2n) is 5.23. The highest BCUT2D eigenvalue weighted by Gasteiger charge is 2.33. The summed E-state index contributed by atoms with van der Waals surface area (Å²) in [6.07, 6.45) is 1.68. The molecule has 1 amide bonds. The lowest BCUT2D eigenvalue weighted by Gasteiger charge is -2.14. The molecule has 1 saturated heterocycles. The number of thioether (sulfide) groups is 1. The van der Waals surface area contributed by atoms with Crippen LogP contribution in [0.1, 0.15) is 5.56 Å². The van der Waals surface area contributed by atoms with Crippen molar-refractivity contribution in [2.75, 3.05) is 19.1 Å². The molecule has 0 spiro atoms. The molecule has 1 heterocycles. The first-order valence-corrected chi connectivity index (χ1v) is 9.00. The molecule has 0 atom stereocenters. The first-order chi connectivity index (χ1) is 12.4. The van der Waals surface area contributed by atoms with E-state index >= 15 is 0 Å². The number of hydrogen-bond acceptors (Lipinski definition) is 5. The molecule has 3 rings (SSSR count). The van der Waals surface area contributed by atoms with Gasteiger partial charge in [-0.2, -0.15) is 0 Å². The summed E-state index contributed by atoms with van der Waals surface area (Å²) in [6.45, 7) is 0. The van der Waals surface area contributed by atoms with Crippen LogP contribution in [0.4, 0.5) is 10.1 Å². The topological polar surface area (TPSA) is 38.8 Å². The number of methoxy groups -OCH3 is 2. The maximum absolute atomic E-state index is 13.1. The van der Waals surface area contributed by atoms with E-state index in [4.69, 9.17) is 33.3 Å². The van der Waals surface area contributed by atoms with Gasteiger partial charge in [-0.1, -0.05) is 35.6 Å². The Labute approximate surface area is 164 Å². The lowest BCUT2D eigenvalue weighted by Crippen LogP contribution is -2.27. The first kappa shape index (κ1) is 18.7. The summed E-state index contributed by atoms with van der Waals surface area (Å²) in [4.78, 5) is 14.5. The van der Waals surface area contributed by atoms with E-state index in [2.05, 4.69) is 0 Å². The van der Waals surface area contributed by atoms with Gasteiger partial charge in [-0.05, 0) is 48.0 Å². The van der Waals surface area contributed by atoms with Gasteiger partial charge in [-0.15, -0.1) is 0 Å². The SMILES string of the molecule is COc1cc(/C=C2\SC(=S)N(c3ccc(F)cc3)C2=O)cc(Cl)c1OC. The Morgan fingerprint density at radius 1 is 1.19 bits per heavy atom. The predicted octanol–water partition coefficient (Wildman–Crippen LogP) is 4.90. The average Bonchev–Trinajstić information content (AvgIpc) is 2.89. The average molecular weight is 410 g/mol. The van der Waals surface area contributed by atoms with Crippen molar-refractivity contribution in [1.29, 1.82) is 0 Å². The number of hydrogen-bond donors (Lipinski definition) is 0. The van der Waals surface area contributed by atoms with E-state index in [9.17, 15) is 9.18 Å². The molecule has 0 aromatic heterocycles. The van der Waals surface area contributed by atoms with E-state index < -0.39 is 0 Å². The second kappa shape index (κ2) is 7.65. The van der Waals surface area contributed by atoms with Gasteiger partial charge in [0.25, 0.3) is 5.91 Å². The van der Waals surface area contributed by atoms with Gasteiger partial charge in [0.2, 0.25) is 0 Å². The van der Waals surface area contributed by atoms with Crippen LogP contribution < -0.4 is 14.4 Å². The smallest absolute Gasteiger partial charge is 0.270 e. The van der Waals surface area contributed by atoms with Crippen molar-refractivity contribution in [1.82, 2.24) is 0 Å². The first-order valence-electron chi connectivity index (χ1n) is 7.39. The molecule has 1 aliphatic rings. The third kappa shape index (κ3) is 3.56. The number of carbonyl (C=O) groups excluding carboxylic acids is 1. The zero-order valence-corrected chi connectivity index (χ0v) is 16.2. The fraction of sp³-hybridized carbons (Fsp3) is 0.111. The van der Waals surface area contributed by atoms with Gasteiger partial charge in [0.05, 0.1) is 29.8 Å². The Morgan fingerprint density at radius 3 is 2.50 bits per heavy atom. The minimum absolute atomic E-state index is 0.280. The molecule has 0 bridgehead atoms. The van der Waals surface area contributed by atoms with Crippen LogP contribution in [0.3, 0.4) is 0 Å². The van der Waals surface area contributed by atoms with Crippen molar-refractivity contribution in [3.05, 3.63) is 57.7 Å². The van der Waals surface area contributed by atoms with Crippen molar-refractivity contribution in [2.45, 2.75) is 0 Å². The second-order valence-corrected chi connectivity index (χ2v) is 7.31. The third-order valence-electron chi connectivity index (χ3n) is 3.63. The summed E-state index contributed by atoms with van der Waals surface area (Å²) in [5.74, 6) is 0.220. The summed E-state index contributed by atoms with van der Waals surface area (Å²) in [5, 5.41) is 0.368. The van der Waals surface area contributed by atoms with Gasteiger partial charge < -0.3 is 9.47 Å². The minimum Gasteiger partial charge on any atom is -0.493 e. The van der Waals surface area contributed by atoms with Crippen molar-refractivity contribution >= 4 is 57.6 Å². The van der Waals surface area contributed by atoms with Crippen molar-refractivity contribution in [3.8, 4) is 11.5 Å². The number of amides is 1. The van der Waals surface area contributed by atoms with E-state index in [0.717, 1.165) is 11.8 Å². The normalized spacial score (nSPS) is 15.7. The van der Waals surface area contributed by atoms with E-state index in [1.807, 2.05) is 0 Å². The van der Waals surface area contributed by atoms with Gasteiger partial charge in [0, 0.05) is 0 Å². The Hall–Kier alpha value is -2.09. The van der Waals surface area contributed by atoms with Crippen molar-refractivity contribution in [3.63, 3.8) is 0 Å². The minimum atomic E-state index is -0.380. The van der Waals surface area contributed by atoms with Crippen LogP contribution in [0.5, 0.6) is 11.5 Å². The Bertz CT molecular complexity index is 915. The molecule has 0 N–H and O–H groups in total. The predicted molar refractivity (Wildman–Crippen MR) is 107 cm³/mol. The molecular weight excluding hydrogens is 397 g/mol. The van der Waals surface area contributed by atoms with Crippen LogP contribution in [0.25, 0.3) is 6.08 Å². The van der Waals surface area contributed by atoms with Gasteiger partial charge >= 0.3 is 0 Å². The van der Waals surface area contributed by atoms with Gasteiger partial charge in [0.1, 0.15) is 5.82 Å². The van der Waals surface area contributed by atoms with Crippen molar-refractivity contribution < 1.29 is 18.7 Å².